The molecule has 108 valence electrons. The van der Waals surface area contributed by atoms with Crippen LogP contribution in [0.2, 0.25) is 0 Å². The molecule has 1 unspecified atom stereocenters. The molecule has 6 heteroatoms. The molecule has 0 N–H and O–H groups in total. The Hall–Kier alpha value is -0.980. The summed E-state index contributed by atoms with van der Waals surface area (Å²) in [6, 6.07) is 1.80. The Kier molecular flexibility index (Phi) is 3.79. The number of halogens is 1. The molecule has 1 atom stereocenters. The van der Waals surface area contributed by atoms with Crippen molar-refractivity contribution in [2.24, 2.45) is 0 Å². The van der Waals surface area contributed by atoms with E-state index in [-0.39, 0.29) is 12.0 Å². The maximum absolute atomic E-state index is 12.4. The molecule has 0 saturated carbocycles. The molecule has 0 aromatic carbocycles. The summed E-state index contributed by atoms with van der Waals surface area (Å²) in [7, 11) is 0. The van der Waals surface area contributed by atoms with Gasteiger partial charge in [0.2, 0.25) is 0 Å². The van der Waals surface area contributed by atoms with E-state index >= 15 is 0 Å². The average Bonchev–Trinajstić information content (AvgIpc) is 2.80. The Morgan fingerprint density at radius 3 is 2.80 bits per heavy atom. The third kappa shape index (κ3) is 2.73. The minimum Gasteiger partial charge on any atom is -0.347 e. The summed E-state index contributed by atoms with van der Waals surface area (Å²) in [5, 5.41) is 0. The lowest BCUT2D eigenvalue weighted by molar-refractivity contribution is -0.189. The van der Waals surface area contributed by atoms with Crippen LogP contribution in [-0.4, -0.2) is 47.4 Å². The van der Waals surface area contributed by atoms with Gasteiger partial charge in [0.05, 0.1) is 18.3 Å². The van der Waals surface area contributed by atoms with Gasteiger partial charge in [-0.15, -0.1) is 0 Å². The summed E-state index contributed by atoms with van der Waals surface area (Å²) in [6.45, 7) is 3.96. The van der Waals surface area contributed by atoms with E-state index in [0.29, 0.717) is 25.3 Å². The van der Waals surface area contributed by atoms with E-state index in [1.807, 2.05) is 11.8 Å². The molecule has 0 bridgehead atoms. The van der Waals surface area contributed by atoms with E-state index in [0.717, 1.165) is 17.3 Å². The number of ether oxygens (including phenoxy) is 2. The van der Waals surface area contributed by atoms with Gasteiger partial charge in [0.25, 0.3) is 5.91 Å². The van der Waals surface area contributed by atoms with Crippen LogP contribution in [0, 0.1) is 0 Å². The number of amides is 1. The van der Waals surface area contributed by atoms with Crippen LogP contribution in [0.3, 0.4) is 0 Å². The van der Waals surface area contributed by atoms with Crippen molar-refractivity contribution in [3.05, 3.63) is 28.5 Å². The van der Waals surface area contributed by atoms with Gasteiger partial charge < -0.3 is 14.4 Å². The van der Waals surface area contributed by atoms with Crippen LogP contribution in [0.25, 0.3) is 0 Å². The summed E-state index contributed by atoms with van der Waals surface area (Å²) in [5.74, 6) is -0.453. The van der Waals surface area contributed by atoms with Crippen LogP contribution in [0.5, 0.6) is 0 Å². The molecule has 5 nitrogen and oxygen atoms in total. The van der Waals surface area contributed by atoms with Crippen LogP contribution in [0.15, 0.2) is 22.9 Å². The summed E-state index contributed by atoms with van der Waals surface area (Å²) >= 11 is 3.34. The van der Waals surface area contributed by atoms with E-state index < -0.39 is 5.79 Å². The van der Waals surface area contributed by atoms with Crippen LogP contribution in [0.4, 0.5) is 0 Å². The first-order chi connectivity index (χ1) is 9.58. The number of piperidine rings is 1. The average molecular weight is 341 g/mol. The topological polar surface area (TPSA) is 51.7 Å². The van der Waals surface area contributed by atoms with Crippen LogP contribution < -0.4 is 0 Å². The van der Waals surface area contributed by atoms with Crippen molar-refractivity contribution in [2.75, 3.05) is 19.7 Å². The summed E-state index contributed by atoms with van der Waals surface area (Å²) in [5.41, 5.74) is 0.608. The molecule has 0 radical (unpaired) electrons. The highest BCUT2D eigenvalue weighted by molar-refractivity contribution is 9.10. The van der Waals surface area contributed by atoms with E-state index in [4.69, 9.17) is 9.47 Å². The first-order valence-electron chi connectivity index (χ1n) is 6.80. The largest absolute Gasteiger partial charge is 0.347 e. The number of likely N-dealkylation sites (tertiary alicyclic amines) is 1. The molecule has 0 aliphatic carbocycles. The standard InChI is InChI=1S/C14H17BrN2O3/c1-10-9-19-14(20-10)2-4-17(5-3-14)13(18)11-6-12(15)8-16-7-11/h6-8,10H,2-5,9H2,1H3. The molecular formula is C14H17BrN2O3. The second-order valence-corrected chi connectivity index (χ2v) is 6.25. The smallest absolute Gasteiger partial charge is 0.255 e. The van der Waals surface area contributed by atoms with Crippen molar-refractivity contribution in [1.82, 2.24) is 9.88 Å². The highest BCUT2D eigenvalue weighted by atomic mass is 79.9. The molecule has 3 rings (SSSR count). The molecule has 1 aromatic heterocycles. The zero-order valence-electron chi connectivity index (χ0n) is 11.3. The van der Waals surface area contributed by atoms with Crippen molar-refractivity contribution in [3.63, 3.8) is 0 Å². The number of pyridine rings is 1. The van der Waals surface area contributed by atoms with Gasteiger partial charge in [-0.3, -0.25) is 9.78 Å². The predicted molar refractivity (Wildman–Crippen MR) is 76.3 cm³/mol. The quantitative estimate of drug-likeness (QED) is 0.786. The molecular weight excluding hydrogens is 324 g/mol. The number of hydrogen-bond donors (Lipinski definition) is 0. The van der Waals surface area contributed by atoms with Crippen molar-refractivity contribution in [3.8, 4) is 0 Å². The van der Waals surface area contributed by atoms with E-state index in [9.17, 15) is 4.79 Å². The minimum absolute atomic E-state index is 0.0136. The van der Waals surface area contributed by atoms with Gasteiger partial charge in [0, 0.05) is 42.8 Å². The van der Waals surface area contributed by atoms with Crippen molar-refractivity contribution < 1.29 is 14.3 Å². The minimum atomic E-state index is -0.467. The summed E-state index contributed by atoms with van der Waals surface area (Å²) in [6.07, 6.45) is 4.87. The lowest BCUT2D eigenvalue weighted by atomic mass is 10.0. The fraction of sp³-hybridized carbons (Fsp3) is 0.571. The van der Waals surface area contributed by atoms with Crippen molar-refractivity contribution in [1.29, 1.82) is 0 Å². The normalized spacial score (nSPS) is 25.1. The Morgan fingerprint density at radius 2 is 2.20 bits per heavy atom. The van der Waals surface area contributed by atoms with E-state index in [1.54, 1.807) is 18.5 Å². The third-order valence-corrected chi connectivity index (χ3v) is 4.20. The maximum Gasteiger partial charge on any atom is 0.255 e. The van der Waals surface area contributed by atoms with Gasteiger partial charge in [-0.2, -0.15) is 0 Å². The van der Waals surface area contributed by atoms with Gasteiger partial charge in [-0.1, -0.05) is 0 Å². The van der Waals surface area contributed by atoms with Gasteiger partial charge in [-0.05, 0) is 28.9 Å². The molecule has 2 saturated heterocycles. The number of aromatic nitrogens is 1. The van der Waals surface area contributed by atoms with E-state index in [2.05, 4.69) is 20.9 Å². The molecule has 20 heavy (non-hydrogen) atoms. The summed E-state index contributed by atoms with van der Waals surface area (Å²) in [4.78, 5) is 18.3. The lowest BCUT2D eigenvalue weighted by Crippen LogP contribution is -2.47. The fourth-order valence-electron chi connectivity index (χ4n) is 2.73. The molecule has 2 fully saturated rings. The van der Waals surface area contributed by atoms with Crippen molar-refractivity contribution in [2.45, 2.75) is 31.7 Å². The van der Waals surface area contributed by atoms with Gasteiger partial charge >= 0.3 is 0 Å². The molecule has 3 heterocycles. The number of carbonyl (C=O) groups is 1. The highest BCUT2D eigenvalue weighted by Gasteiger charge is 2.43. The molecule has 2 aliphatic heterocycles. The number of rotatable bonds is 1. The Balaban J connectivity index is 1.65. The van der Waals surface area contributed by atoms with Crippen LogP contribution in [0.1, 0.15) is 30.1 Å². The Morgan fingerprint density at radius 1 is 1.45 bits per heavy atom. The zero-order chi connectivity index (χ0) is 14.2. The fourth-order valence-corrected chi connectivity index (χ4v) is 3.09. The van der Waals surface area contributed by atoms with Crippen molar-refractivity contribution >= 4 is 21.8 Å². The van der Waals surface area contributed by atoms with Gasteiger partial charge in [0.1, 0.15) is 0 Å². The van der Waals surface area contributed by atoms with E-state index in [1.165, 1.54) is 0 Å². The molecule has 1 spiro atoms. The monoisotopic (exact) mass is 340 g/mol. The first-order valence-corrected chi connectivity index (χ1v) is 7.59. The van der Waals surface area contributed by atoms with Gasteiger partial charge in [-0.25, -0.2) is 0 Å². The predicted octanol–water partition coefficient (Wildman–Crippen LogP) is 2.21. The lowest BCUT2D eigenvalue weighted by Gasteiger charge is -2.37. The van der Waals surface area contributed by atoms with Crippen LogP contribution >= 0.6 is 15.9 Å². The highest BCUT2D eigenvalue weighted by Crippen LogP contribution is 2.34. The Bertz CT molecular complexity index is 515. The second-order valence-electron chi connectivity index (χ2n) is 5.33. The first kappa shape index (κ1) is 14.0. The molecule has 1 amide bonds. The second kappa shape index (κ2) is 5.42. The third-order valence-electron chi connectivity index (χ3n) is 3.76. The number of carbonyl (C=O) groups excluding carboxylic acids is 1. The zero-order valence-corrected chi connectivity index (χ0v) is 12.9. The SMILES string of the molecule is CC1COC2(CCN(C(=O)c3cncc(Br)c3)CC2)O1. The van der Waals surface area contributed by atoms with Crippen LogP contribution in [-0.2, 0) is 9.47 Å². The maximum atomic E-state index is 12.4. The summed E-state index contributed by atoms with van der Waals surface area (Å²) < 4.78 is 12.4. The molecule has 2 aliphatic rings. The Labute approximate surface area is 126 Å². The number of hydrogen-bond acceptors (Lipinski definition) is 4. The molecule has 1 aromatic rings. The van der Waals surface area contributed by atoms with Gasteiger partial charge in [0.15, 0.2) is 5.79 Å². The number of nitrogens with zero attached hydrogens (tertiary/aromatic N) is 2.